The summed E-state index contributed by atoms with van der Waals surface area (Å²) >= 11 is 7.89. The van der Waals surface area contributed by atoms with E-state index < -0.39 is 0 Å². The Bertz CT molecular complexity index is 115. The minimum atomic E-state index is -0.214. The zero-order valence-corrected chi connectivity index (χ0v) is 8.41. The van der Waals surface area contributed by atoms with Crippen molar-refractivity contribution in [2.24, 2.45) is 0 Å². The van der Waals surface area contributed by atoms with Crippen molar-refractivity contribution in [1.82, 2.24) is 0 Å². The smallest absolute Gasteiger partial charge is 0.307 e. The van der Waals surface area contributed by atoms with Crippen LogP contribution in [0.1, 0.15) is 26.2 Å². The van der Waals surface area contributed by atoms with Crippen molar-refractivity contribution in [3.05, 3.63) is 0 Å². The Labute approximate surface area is 78.5 Å². The molecule has 0 unspecified atom stereocenters. The fraction of sp³-hybridized carbons (Fsp3) is 0.857. The number of thiol groups is 2. The lowest BCUT2D eigenvalue weighted by atomic mass is 10.4. The van der Waals surface area contributed by atoms with Crippen molar-refractivity contribution in [3.8, 4) is 0 Å². The topological polar surface area (TPSA) is 26.3 Å². The van der Waals surface area contributed by atoms with E-state index in [0.717, 1.165) is 12.8 Å². The minimum Gasteiger partial charge on any atom is -0.466 e. The first kappa shape index (κ1) is 11.2. The van der Waals surface area contributed by atoms with E-state index in [1.54, 1.807) is 0 Å². The molecule has 66 valence electrons. The third-order valence-electron chi connectivity index (χ3n) is 1.11. The molecular formula is C7H14O2S2. The molecule has 0 aromatic heterocycles. The van der Waals surface area contributed by atoms with Crippen LogP contribution in [0, 0.1) is 0 Å². The summed E-state index contributed by atoms with van der Waals surface area (Å²) in [6.07, 6.45) is 2.24. The average molecular weight is 194 g/mol. The van der Waals surface area contributed by atoms with E-state index >= 15 is 0 Å². The number of esters is 1. The lowest BCUT2D eigenvalue weighted by Gasteiger charge is -2.04. The molecule has 0 radical (unpaired) electrons. The molecular weight excluding hydrogens is 180 g/mol. The van der Waals surface area contributed by atoms with Crippen LogP contribution in [0.5, 0.6) is 0 Å². The van der Waals surface area contributed by atoms with Gasteiger partial charge in [-0.25, -0.2) is 0 Å². The van der Waals surface area contributed by atoms with E-state index in [1.165, 1.54) is 0 Å². The van der Waals surface area contributed by atoms with Gasteiger partial charge in [0.2, 0.25) is 0 Å². The number of carbonyl (C=O) groups excluding carboxylic acids is 1. The third-order valence-corrected chi connectivity index (χ3v) is 1.48. The molecule has 0 amide bonds. The van der Waals surface area contributed by atoms with Gasteiger partial charge < -0.3 is 4.74 Å². The first-order valence-electron chi connectivity index (χ1n) is 3.68. The van der Waals surface area contributed by atoms with Crippen molar-refractivity contribution in [3.63, 3.8) is 0 Å². The first-order valence-corrected chi connectivity index (χ1v) is 4.72. The predicted molar refractivity (Wildman–Crippen MR) is 52.2 cm³/mol. The van der Waals surface area contributed by atoms with Gasteiger partial charge >= 0.3 is 5.97 Å². The van der Waals surface area contributed by atoms with E-state index in [1.807, 2.05) is 6.92 Å². The van der Waals surface area contributed by atoms with E-state index in [0.29, 0.717) is 6.61 Å². The second-order valence-electron chi connectivity index (χ2n) is 2.26. The highest BCUT2D eigenvalue weighted by molar-refractivity contribution is 7.99. The van der Waals surface area contributed by atoms with Crippen LogP contribution in [0.2, 0.25) is 0 Å². The molecule has 11 heavy (non-hydrogen) atoms. The molecule has 0 aliphatic heterocycles. The van der Waals surface area contributed by atoms with Crippen molar-refractivity contribution >= 4 is 31.2 Å². The van der Waals surface area contributed by atoms with Gasteiger partial charge in [-0.05, 0) is 6.42 Å². The number of unbranched alkanes of at least 4 members (excludes halogenated alkanes) is 1. The standard InChI is InChI=1S/C7H14O2S2/c1-2-3-4-9-6(8)5-7(10)11/h7,10-11H,2-5H2,1H3. The molecule has 0 N–H and O–H groups in total. The van der Waals surface area contributed by atoms with E-state index in [9.17, 15) is 4.79 Å². The van der Waals surface area contributed by atoms with Gasteiger partial charge in [0.15, 0.2) is 0 Å². The maximum absolute atomic E-state index is 10.8. The normalized spacial score (nSPS) is 10.2. The summed E-state index contributed by atoms with van der Waals surface area (Å²) in [6, 6.07) is 0. The highest BCUT2D eigenvalue weighted by Gasteiger charge is 2.05. The lowest BCUT2D eigenvalue weighted by Crippen LogP contribution is -2.08. The molecule has 0 rings (SSSR count). The number of carbonyl (C=O) groups is 1. The van der Waals surface area contributed by atoms with Crippen LogP contribution in [0.3, 0.4) is 0 Å². The third kappa shape index (κ3) is 8.07. The summed E-state index contributed by atoms with van der Waals surface area (Å²) in [5.74, 6) is -0.214. The fourth-order valence-electron chi connectivity index (χ4n) is 0.538. The van der Waals surface area contributed by atoms with Crippen LogP contribution >= 0.6 is 25.3 Å². The molecule has 0 aliphatic carbocycles. The number of rotatable bonds is 5. The van der Waals surface area contributed by atoms with Crippen molar-refractivity contribution in [2.75, 3.05) is 6.61 Å². The Morgan fingerprint density at radius 3 is 2.64 bits per heavy atom. The Kier molecular flexibility index (Phi) is 6.96. The Hall–Kier alpha value is 0.170. The van der Waals surface area contributed by atoms with Crippen molar-refractivity contribution in [2.45, 2.75) is 30.8 Å². The Morgan fingerprint density at radius 1 is 1.55 bits per heavy atom. The van der Waals surface area contributed by atoms with E-state index in [4.69, 9.17) is 4.74 Å². The summed E-state index contributed by atoms with van der Waals surface area (Å²) in [5.41, 5.74) is 0. The van der Waals surface area contributed by atoms with Gasteiger partial charge in [0.25, 0.3) is 0 Å². The summed E-state index contributed by atoms with van der Waals surface area (Å²) in [5, 5.41) is 0. The maximum atomic E-state index is 10.8. The zero-order chi connectivity index (χ0) is 8.69. The quantitative estimate of drug-likeness (QED) is 0.303. The summed E-state index contributed by atoms with van der Waals surface area (Å²) in [7, 11) is 0. The second-order valence-corrected chi connectivity index (χ2v) is 3.91. The summed E-state index contributed by atoms with van der Waals surface area (Å²) in [4.78, 5) is 10.8. The van der Waals surface area contributed by atoms with Crippen LogP contribution in [0.15, 0.2) is 0 Å². The maximum Gasteiger partial charge on any atom is 0.307 e. The first-order chi connectivity index (χ1) is 5.16. The Morgan fingerprint density at radius 2 is 2.18 bits per heavy atom. The fourth-order valence-corrected chi connectivity index (χ4v) is 0.836. The second kappa shape index (κ2) is 6.85. The molecule has 0 bridgehead atoms. The Balaban J connectivity index is 3.23. The van der Waals surface area contributed by atoms with E-state index in [2.05, 4.69) is 25.3 Å². The highest BCUT2D eigenvalue weighted by atomic mass is 32.2. The molecule has 0 aromatic rings. The summed E-state index contributed by atoms with van der Waals surface area (Å²) in [6.45, 7) is 2.57. The number of hydrogen-bond donors (Lipinski definition) is 2. The van der Waals surface area contributed by atoms with Crippen molar-refractivity contribution < 1.29 is 9.53 Å². The number of hydrogen-bond acceptors (Lipinski definition) is 4. The average Bonchev–Trinajstić information content (AvgIpc) is 1.86. The minimum absolute atomic E-state index is 0.205. The highest BCUT2D eigenvalue weighted by Crippen LogP contribution is 2.06. The molecule has 0 aromatic carbocycles. The SMILES string of the molecule is CCCCOC(=O)CC(S)S. The molecule has 2 nitrogen and oxygen atoms in total. The van der Waals surface area contributed by atoms with Gasteiger partial charge in [0, 0.05) is 0 Å². The molecule has 0 fully saturated rings. The van der Waals surface area contributed by atoms with Gasteiger partial charge in [-0.1, -0.05) is 13.3 Å². The summed E-state index contributed by atoms with van der Waals surface area (Å²) < 4.78 is 4.65. The lowest BCUT2D eigenvalue weighted by molar-refractivity contribution is -0.143. The van der Waals surface area contributed by atoms with Crippen LogP contribution < -0.4 is 0 Å². The van der Waals surface area contributed by atoms with Gasteiger partial charge in [-0.15, -0.1) is 0 Å². The molecule has 0 heterocycles. The van der Waals surface area contributed by atoms with Crippen LogP contribution in [-0.2, 0) is 9.53 Å². The molecule has 0 spiro atoms. The van der Waals surface area contributed by atoms with Crippen LogP contribution in [0.4, 0.5) is 0 Å². The zero-order valence-electron chi connectivity index (χ0n) is 6.62. The molecule has 0 saturated heterocycles. The van der Waals surface area contributed by atoms with Crippen molar-refractivity contribution in [1.29, 1.82) is 0 Å². The van der Waals surface area contributed by atoms with Crippen LogP contribution in [-0.4, -0.2) is 17.2 Å². The van der Waals surface area contributed by atoms with Gasteiger partial charge in [0.1, 0.15) is 0 Å². The molecule has 0 saturated carbocycles. The molecule has 0 aliphatic rings. The number of ether oxygens (including phenoxy) is 1. The molecule has 0 atom stereocenters. The van der Waals surface area contributed by atoms with E-state index in [-0.39, 0.29) is 17.0 Å². The van der Waals surface area contributed by atoms with Crippen LogP contribution in [0.25, 0.3) is 0 Å². The van der Waals surface area contributed by atoms with Gasteiger partial charge in [0.05, 0.1) is 17.6 Å². The van der Waals surface area contributed by atoms with Gasteiger partial charge in [-0.3, -0.25) is 4.79 Å². The monoisotopic (exact) mass is 194 g/mol. The largest absolute Gasteiger partial charge is 0.466 e. The predicted octanol–water partition coefficient (Wildman–Crippen LogP) is 1.91. The van der Waals surface area contributed by atoms with Gasteiger partial charge in [-0.2, -0.15) is 25.3 Å². The molecule has 4 heteroatoms.